The summed E-state index contributed by atoms with van der Waals surface area (Å²) in [5.41, 5.74) is 1.12. The predicted molar refractivity (Wildman–Crippen MR) is 76.9 cm³/mol. The molecule has 0 saturated heterocycles. The van der Waals surface area contributed by atoms with Crippen LogP contribution in [0.1, 0.15) is 24.2 Å². The zero-order chi connectivity index (χ0) is 14.1. The molecule has 2 aromatic rings. The fourth-order valence-electron chi connectivity index (χ4n) is 2.33. The molecule has 0 amide bonds. The number of hydrogen-bond acceptors (Lipinski definition) is 2. The van der Waals surface area contributed by atoms with Gasteiger partial charge in [0.1, 0.15) is 16.8 Å². The first kappa shape index (κ1) is 13.6. The van der Waals surface area contributed by atoms with Crippen molar-refractivity contribution in [2.45, 2.75) is 32.0 Å². The van der Waals surface area contributed by atoms with Gasteiger partial charge in [-0.1, -0.05) is 23.7 Å². The van der Waals surface area contributed by atoms with Crippen LogP contribution < -0.4 is 0 Å². The zero-order valence-electron chi connectivity index (χ0n) is 11.4. The first-order valence-electron chi connectivity index (χ1n) is 6.78. The third-order valence-electron chi connectivity index (χ3n) is 3.73. The Balaban J connectivity index is 1.73. The van der Waals surface area contributed by atoms with Gasteiger partial charge in [-0.2, -0.15) is 0 Å². The Morgan fingerprint density at radius 3 is 2.55 bits per heavy atom. The zero-order valence-corrected chi connectivity index (χ0v) is 12.1. The summed E-state index contributed by atoms with van der Waals surface area (Å²) in [4.78, 5) is 6.73. The summed E-state index contributed by atoms with van der Waals surface area (Å²) in [7, 11) is 1.92. The molecular weight excluding hydrogens is 277 g/mol. The van der Waals surface area contributed by atoms with Crippen LogP contribution in [0.15, 0.2) is 30.5 Å². The topological polar surface area (TPSA) is 21.1 Å². The van der Waals surface area contributed by atoms with Crippen molar-refractivity contribution in [1.82, 2.24) is 14.5 Å². The van der Waals surface area contributed by atoms with E-state index in [0.717, 1.165) is 24.5 Å². The molecule has 0 aliphatic heterocycles. The molecule has 3 rings (SSSR count). The van der Waals surface area contributed by atoms with Gasteiger partial charge in [-0.15, -0.1) is 0 Å². The molecule has 1 saturated carbocycles. The van der Waals surface area contributed by atoms with Crippen LogP contribution >= 0.6 is 11.6 Å². The number of halogens is 2. The van der Waals surface area contributed by atoms with E-state index in [-0.39, 0.29) is 5.82 Å². The average molecular weight is 294 g/mol. The first-order chi connectivity index (χ1) is 9.63. The molecule has 106 valence electrons. The molecule has 1 aliphatic rings. The van der Waals surface area contributed by atoms with Gasteiger partial charge in [-0.05, 0) is 30.5 Å². The summed E-state index contributed by atoms with van der Waals surface area (Å²) in [6, 6.07) is 7.32. The van der Waals surface area contributed by atoms with Crippen molar-refractivity contribution in [2.24, 2.45) is 7.05 Å². The van der Waals surface area contributed by atoms with E-state index in [4.69, 9.17) is 11.6 Å². The number of imidazole rings is 1. The van der Waals surface area contributed by atoms with Crippen LogP contribution in [-0.2, 0) is 20.1 Å². The lowest BCUT2D eigenvalue weighted by Gasteiger charge is -2.21. The summed E-state index contributed by atoms with van der Waals surface area (Å²) in [6.07, 6.45) is 4.12. The number of benzene rings is 1. The van der Waals surface area contributed by atoms with E-state index in [1.807, 2.05) is 23.7 Å². The highest BCUT2D eigenvalue weighted by molar-refractivity contribution is 6.29. The molecule has 1 aromatic carbocycles. The Morgan fingerprint density at radius 2 is 2.00 bits per heavy atom. The van der Waals surface area contributed by atoms with Crippen molar-refractivity contribution in [2.75, 3.05) is 0 Å². The highest BCUT2D eigenvalue weighted by Crippen LogP contribution is 2.30. The lowest BCUT2D eigenvalue weighted by atomic mass is 10.2. The summed E-state index contributed by atoms with van der Waals surface area (Å²) in [5.74, 6) is 0.770. The van der Waals surface area contributed by atoms with Gasteiger partial charge in [0.05, 0.1) is 12.7 Å². The van der Waals surface area contributed by atoms with E-state index in [9.17, 15) is 4.39 Å². The maximum atomic E-state index is 13.0. The standard InChI is InChI=1S/C15H17ClFN3/c1-19-14(16)8-18-15(19)10-20(13-6-7-13)9-11-2-4-12(17)5-3-11/h2-5,8,13H,6-7,9-10H2,1H3. The third kappa shape index (κ3) is 3.02. The first-order valence-corrected chi connectivity index (χ1v) is 7.16. The van der Waals surface area contributed by atoms with Crippen molar-refractivity contribution in [3.63, 3.8) is 0 Å². The van der Waals surface area contributed by atoms with Crippen molar-refractivity contribution in [3.05, 3.63) is 52.8 Å². The largest absolute Gasteiger partial charge is 0.321 e. The number of rotatable bonds is 5. The van der Waals surface area contributed by atoms with Gasteiger partial charge >= 0.3 is 0 Å². The van der Waals surface area contributed by atoms with Crippen LogP contribution in [0.4, 0.5) is 4.39 Å². The molecule has 20 heavy (non-hydrogen) atoms. The predicted octanol–water partition coefficient (Wildman–Crippen LogP) is 3.38. The van der Waals surface area contributed by atoms with Crippen molar-refractivity contribution < 1.29 is 4.39 Å². The maximum Gasteiger partial charge on any atom is 0.128 e. The molecule has 0 atom stereocenters. The Hall–Kier alpha value is -1.39. The Bertz CT molecular complexity index is 590. The second-order valence-corrected chi connectivity index (χ2v) is 5.71. The molecule has 1 aromatic heterocycles. The summed E-state index contributed by atoms with van der Waals surface area (Å²) in [6.45, 7) is 1.58. The monoisotopic (exact) mass is 293 g/mol. The van der Waals surface area contributed by atoms with Crippen LogP contribution in [0.3, 0.4) is 0 Å². The van der Waals surface area contributed by atoms with Crippen molar-refractivity contribution >= 4 is 11.6 Å². The molecule has 0 bridgehead atoms. The van der Waals surface area contributed by atoms with Gasteiger partial charge in [0.25, 0.3) is 0 Å². The van der Waals surface area contributed by atoms with E-state index in [2.05, 4.69) is 9.88 Å². The minimum absolute atomic E-state index is 0.192. The van der Waals surface area contributed by atoms with E-state index in [1.54, 1.807) is 6.20 Å². The smallest absolute Gasteiger partial charge is 0.128 e. The molecule has 0 radical (unpaired) electrons. The molecule has 0 N–H and O–H groups in total. The van der Waals surface area contributed by atoms with Gasteiger partial charge in [0.2, 0.25) is 0 Å². The van der Waals surface area contributed by atoms with Crippen molar-refractivity contribution in [3.8, 4) is 0 Å². The van der Waals surface area contributed by atoms with Gasteiger partial charge in [-0.3, -0.25) is 4.90 Å². The van der Waals surface area contributed by atoms with Gasteiger partial charge in [-0.25, -0.2) is 9.37 Å². The van der Waals surface area contributed by atoms with E-state index in [0.29, 0.717) is 11.2 Å². The van der Waals surface area contributed by atoms with Crippen LogP contribution in [-0.4, -0.2) is 20.5 Å². The van der Waals surface area contributed by atoms with E-state index in [1.165, 1.54) is 25.0 Å². The summed E-state index contributed by atoms with van der Waals surface area (Å²) in [5, 5.41) is 0.650. The number of nitrogens with zero attached hydrogens (tertiary/aromatic N) is 3. The molecule has 0 spiro atoms. The summed E-state index contributed by atoms with van der Waals surface area (Å²) < 4.78 is 14.9. The summed E-state index contributed by atoms with van der Waals surface area (Å²) >= 11 is 6.03. The highest BCUT2D eigenvalue weighted by Gasteiger charge is 2.29. The van der Waals surface area contributed by atoms with E-state index >= 15 is 0 Å². The fraction of sp³-hybridized carbons (Fsp3) is 0.400. The molecule has 1 heterocycles. The Kier molecular flexibility index (Phi) is 3.76. The quantitative estimate of drug-likeness (QED) is 0.843. The van der Waals surface area contributed by atoms with Crippen LogP contribution in [0, 0.1) is 5.82 Å². The van der Waals surface area contributed by atoms with Crippen LogP contribution in [0.25, 0.3) is 0 Å². The second kappa shape index (κ2) is 5.54. The lowest BCUT2D eigenvalue weighted by Crippen LogP contribution is -2.26. The van der Waals surface area contributed by atoms with Crippen LogP contribution in [0.2, 0.25) is 5.15 Å². The van der Waals surface area contributed by atoms with Crippen LogP contribution in [0.5, 0.6) is 0 Å². The number of hydrogen-bond donors (Lipinski definition) is 0. The molecular formula is C15H17ClFN3. The minimum Gasteiger partial charge on any atom is -0.321 e. The molecule has 1 aliphatic carbocycles. The van der Waals surface area contributed by atoms with Gasteiger partial charge in [0.15, 0.2) is 0 Å². The molecule has 1 fully saturated rings. The molecule has 3 nitrogen and oxygen atoms in total. The molecule has 5 heteroatoms. The SMILES string of the molecule is Cn1c(Cl)cnc1CN(Cc1ccc(F)cc1)C1CC1. The van der Waals surface area contributed by atoms with Gasteiger partial charge in [0, 0.05) is 19.6 Å². The second-order valence-electron chi connectivity index (χ2n) is 5.32. The van der Waals surface area contributed by atoms with Gasteiger partial charge < -0.3 is 4.57 Å². The normalized spacial score (nSPS) is 15.0. The highest BCUT2D eigenvalue weighted by atomic mass is 35.5. The Morgan fingerprint density at radius 1 is 1.30 bits per heavy atom. The lowest BCUT2D eigenvalue weighted by molar-refractivity contribution is 0.237. The number of aromatic nitrogens is 2. The molecule has 0 unspecified atom stereocenters. The van der Waals surface area contributed by atoms with Crippen molar-refractivity contribution in [1.29, 1.82) is 0 Å². The maximum absolute atomic E-state index is 13.0. The van der Waals surface area contributed by atoms with E-state index < -0.39 is 0 Å². The average Bonchev–Trinajstić information content (AvgIpc) is 3.23. The Labute approximate surface area is 123 Å². The fourth-order valence-corrected chi connectivity index (χ4v) is 2.48. The third-order valence-corrected chi connectivity index (χ3v) is 4.09. The minimum atomic E-state index is -0.192.